The molecule has 174 valence electrons. The van der Waals surface area contributed by atoms with E-state index in [9.17, 15) is 0 Å². The van der Waals surface area contributed by atoms with Crippen molar-refractivity contribution in [2.24, 2.45) is 11.1 Å². The van der Waals surface area contributed by atoms with E-state index in [1.165, 1.54) is 18.2 Å². The summed E-state index contributed by atoms with van der Waals surface area (Å²) in [5.74, 6) is 1.35. The van der Waals surface area contributed by atoms with E-state index in [4.69, 9.17) is 47.9 Å². The van der Waals surface area contributed by atoms with Gasteiger partial charge in [-0.3, -0.25) is 0 Å². The number of hydrogen-bond acceptors (Lipinski definition) is 12. The van der Waals surface area contributed by atoms with Crippen molar-refractivity contribution < 1.29 is 9.15 Å². The molecule has 3 aromatic rings. The second kappa shape index (κ2) is 8.60. The number of nitrogens with zero attached hydrogens (tertiary/aromatic N) is 6. The molecule has 0 unspecified atom stereocenters. The lowest BCUT2D eigenvalue weighted by Gasteiger charge is -2.41. The third kappa shape index (κ3) is 3.97. The second-order valence-electron chi connectivity index (χ2n) is 8.33. The molecule has 5 heterocycles. The summed E-state index contributed by atoms with van der Waals surface area (Å²) in [5, 5.41) is 8.64. The topological polar surface area (TPSA) is 168 Å². The van der Waals surface area contributed by atoms with Crippen molar-refractivity contribution in [3.8, 4) is 11.6 Å². The maximum absolute atomic E-state index is 6.47. The van der Waals surface area contributed by atoms with Crippen LogP contribution < -0.4 is 22.1 Å². The van der Waals surface area contributed by atoms with Gasteiger partial charge in [0.05, 0.1) is 17.7 Å². The Morgan fingerprint density at radius 2 is 2.00 bits per heavy atom. The van der Waals surface area contributed by atoms with Crippen molar-refractivity contribution in [3.05, 3.63) is 23.7 Å². The van der Waals surface area contributed by atoms with Crippen molar-refractivity contribution in [2.45, 2.75) is 41.8 Å². The standard InChI is InChI=1S/C20H24ClN9O2S/c1-10-14(22)20(8-31-10)3-6-30(7-4-20)17-13(18-29-26-9-32-18)27-19(16(24)28-17)33-11-2-5-25-15(23)12(11)21/h2,5,9-10,14H,3-4,6-8,22H2,1H3,(H2,23,25)(H2,24,28)/t10-,14+/m0/s1. The predicted octanol–water partition coefficient (Wildman–Crippen LogP) is 2.22. The third-order valence-electron chi connectivity index (χ3n) is 6.43. The molecule has 33 heavy (non-hydrogen) atoms. The molecule has 5 rings (SSSR count). The van der Waals surface area contributed by atoms with Gasteiger partial charge in [-0.2, -0.15) is 0 Å². The van der Waals surface area contributed by atoms with Crippen molar-refractivity contribution in [1.82, 2.24) is 25.1 Å². The first-order chi connectivity index (χ1) is 15.9. The molecule has 0 bridgehead atoms. The van der Waals surface area contributed by atoms with E-state index in [1.807, 2.05) is 6.92 Å². The summed E-state index contributed by atoms with van der Waals surface area (Å²) in [6.07, 6.45) is 4.65. The molecule has 0 aliphatic carbocycles. The zero-order valence-electron chi connectivity index (χ0n) is 17.9. The van der Waals surface area contributed by atoms with Gasteiger partial charge in [-0.25, -0.2) is 15.0 Å². The third-order valence-corrected chi connectivity index (χ3v) is 7.99. The highest BCUT2D eigenvalue weighted by molar-refractivity contribution is 7.99. The molecule has 1 spiro atoms. The summed E-state index contributed by atoms with van der Waals surface area (Å²) in [5.41, 5.74) is 19.1. The highest BCUT2D eigenvalue weighted by Crippen LogP contribution is 2.44. The van der Waals surface area contributed by atoms with E-state index < -0.39 is 0 Å². The van der Waals surface area contributed by atoms with Crippen molar-refractivity contribution >= 4 is 40.8 Å². The molecule has 2 aliphatic rings. The molecular formula is C20H24ClN9O2S. The Kier molecular flexibility index (Phi) is 5.77. The average Bonchev–Trinajstić information content (AvgIpc) is 3.44. The molecule has 11 nitrogen and oxygen atoms in total. The molecule has 6 N–H and O–H groups in total. The molecule has 0 aromatic carbocycles. The van der Waals surface area contributed by atoms with E-state index in [1.54, 1.807) is 12.3 Å². The Morgan fingerprint density at radius 3 is 2.67 bits per heavy atom. The van der Waals surface area contributed by atoms with Crippen LogP contribution in [0.4, 0.5) is 17.5 Å². The first-order valence-electron chi connectivity index (χ1n) is 10.5. The molecule has 2 fully saturated rings. The number of hydrogen-bond donors (Lipinski definition) is 3. The minimum absolute atomic E-state index is 0.0162. The number of pyridine rings is 1. The van der Waals surface area contributed by atoms with Gasteiger partial charge >= 0.3 is 0 Å². The van der Waals surface area contributed by atoms with Gasteiger partial charge in [-0.1, -0.05) is 23.4 Å². The average molecular weight is 490 g/mol. The Hall–Kier alpha value is -2.67. The van der Waals surface area contributed by atoms with Gasteiger partial charge in [-0.05, 0) is 25.8 Å². The molecule has 3 aromatic heterocycles. The minimum Gasteiger partial charge on any atom is -0.422 e. The maximum Gasteiger partial charge on any atom is 0.269 e. The highest BCUT2D eigenvalue weighted by Gasteiger charge is 2.48. The lowest BCUT2D eigenvalue weighted by molar-refractivity contribution is 0.0974. The quantitative estimate of drug-likeness (QED) is 0.489. The maximum atomic E-state index is 6.47. The normalized spacial score (nSPS) is 22.2. The lowest BCUT2D eigenvalue weighted by Crippen LogP contribution is -2.50. The van der Waals surface area contributed by atoms with Crippen LogP contribution in [0.1, 0.15) is 19.8 Å². The number of halogens is 1. The van der Waals surface area contributed by atoms with Gasteiger partial charge in [0.2, 0.25) is 6.39 Å². The summed E-state index contributed by atoms with van der Waals surface area (Å²) in [7, 11) is 0. The second-order valence-corrected chi connectivity index (χ2v) is 9.74. The molecule has 0 amide bonds. The van der Waals surface area contributed by atoms with Gasteiger partial charge in [0.1, 0.15) is 10.8 Å². The van der Waals surface area contributed by atoms with Gasteiger partial charge in [-0.15, -0.1) is 10.2 Å². The van der Waals surface area contributed by atoms with Crippen LogP contribution in [0.5, 0.6) is 0 Å². The number of rotatable bonds is 4. The van der Waals surface area contributed by atoms with E-state index in [2.05, 4.69) is 20.1 Å². The molecule has 2 aliphatic heterocycles. The van der Waals surface area contributed by atoms with E-state index in [0.29, 0.717) is 33.1 Å². The fraction of sp³-hybridized carbons (Fsp3) is 0.450. The number of nitrogen functional groups attached to an aromatic ring is 2. The number of piperidine rings is 1. The zero-order chi connectivity index (χ0) is 23.2. The largest absolute Gasteiger partial charge is 0.422 e. The van der Waals surface area contributed by atoms with Gasteiger partial charge in [0.25, 0.3) is 5.89 Å². The summed E-state index contributed by atoms with van der Waals surface area (Å²) in [6, 6.07) is 1.76. The van der Waals surface area contributed by atoms with Crippen LogP contribution in [-0.2, 0) is 4.74 Å². The molecule has 2 atom stereocenters. The van der Waals surface area contributed by atoms with Crippen LogP contribution in [0.25, 0.3) is 11.6 Å². The molecule has 13 heteroatoms. The van der Waals surface area contributed by atoms with Gasteiger partial charge < -0.3 is 31.3 Å². The SMILES string of the molecule is C[C@@H]1OCC2(CCN(c3nc(N)c(Sc4ccnc(N)c4Cl)nc3-c3nnco3)CC2)[C@@H]1N. The van der Waals surface area contributed by atoms with Gasteiger partial charge in [0, 0.05) is 35.6 Å². The molecule has 2 saturated heterocycles. The van der Waals surface area contributed by atoms with Crippen LogP contribution in [-0.4, -0.2) is 57.0 Å². The Labute approximate surface area is 199 Å². The molecule has 0 saturated carbocycles. The number of anilines is 3. The van der Waals surface area contributed by atoms with Crippen LogP contribution in [0.2, 0.25) is 5.02 Å². The fourth-order valence-corrected chi connectivity index (χ4v) is 5.45. The molecule has 0 radical (unpaired) electrons. The summed E-state index contributed by atoms with van der Waals surface area (Å²) in [4.78, 5) is 16.2. The Morgan fingerprint density at radius 1 is 1.21 bits per heavy atom. The summed E-state index contributed by atoms with van der Waals surface area (Å²) in [6.45, 7) is 4.18. The van der Waals surface area contributed by atoms with Crippen molar-refractivity contribution in [2.75, 3.05) is 36.1 Å². The number of nitrogens with two attached hydrogens (primary N) is 3. The first-order valence-corrected chi connectivity index (χ1v) is 11.7. The van der Waals surface area contributed by atoms with E-state index >= 15 is 0 Å². The molecular weight excluding hydrogens is 466 g/mol. The summed E-state index contributed by atoms with van der Waals surface area (Å²) >= 11 is 7.55. The minimum atomic E-state index is -0.0205. The number of ether oxygens (including phenoxy) is 1. The van der Waals surface area contributed by atoms with Crippen LogP contribution in [0.3, 0.4) is 0 Å². The Balaban J connectivity index is 1.47. The monoisotopic (exact) mass is 489 g/mol. The van der Waals surface area contributed by atoms with Crippen LogP contribution >= 0.6 is 23.4 Å². The van der Waals surface area contributed by atoms with Gasteiger partial charge in [0.15, 0.2) is 17.3 Å². The van der Waals surface area contributed by atoms with E-state index in [-0.39, 0.29) is 35.1 Å². The van der Waals surface area contributed by atoms with Crippen LogP contribution in [0.15, 0.2) is 33.0 Å². The van der Waals surface area contributed by atoms with E-state index in [0.717, 1.165) is 25.9 Å². The first kappa shape index (κ1) is 22.1. The van der Waals surface area contributed by atoms with Crippen molar-refractivity contribution in [1.29, 1.82) is 0 Å². The zero-order valence-corrected chi connectivity index (χ0v) is 19.5. The lowest BCUT2D eigenvalue weighted by atomic mass is 9.73. The smallest absolute Gasteiger partial charge is 0.269 e. The van der Waals surface area contributed by atoms with Crippen molar-refractivity contribution in [3.63, 3.8) is 0 Å². The fourth-order valence-electron chi connectivity index (χ4n) is 4.40. The predicted molar refractivity (Wildman–Crippen MR) is 125 cm³/mol. The summed E-state index contributed by atoms with van der Waals surface area (Å²) < 4.78 is 11.3. The highest BCUT2D eigenvalue weighted by atomic mass is 35.5. The van der Waals surface area contributed by atoms with Crippen LogP contribution in [0, 0.1) is 5.41 Å². The number of aromatic nitrogens is 5. The Bertz CT molecular complexity index is 1150.